The van der Waals surface area contributed by atoms with Crippen LogP contribution >= 0.6 is 0 Å². The molecule has 0 amide bonds. The van der Waals surface area contributed by atoms with Crippen molar-refractivity contribution in [3.05, 3.63) is 59.2 Å². The molecule has 0 aliphatic carbocycles. The molecule has 2 aliphatic heterocycles. The molecule has 2 aliphatic rings. The van der Waals surface area contributed by atoms with Gasteiger partial charge in [-0.2, -0.15) is 0 Å². The fraction of sp³-hybridized carbons (Fsp3) is 0.381. The predicted octanol–water partition coefficient (Wildman–Crippen LogP) is 3.62. The van der Waals surface area contributed by atoms with E-state index in [0.717, 1.165) is 22.6 Å². The lowest BCUT2D eigenvalue weighted by molar-refractivity contribution is -0.119. The smallest absolute Gasteiger partial charge is 0.335 e. The summed E-state index contributed by atoms with van der Waals surface area (Å²) in [6.07, 6.45) is 0. The maximum Gasteiger partial charge on any atom is 0.335 e. The quantitative estimate of drug-likeness (QED) is 0.894. The number of ether oxygens (including phenoxy) is 2. The Hall–Kier alpha value is -2.53. The number of hydrogen-bond donors (Lipinski definition) is 1. The first kappa shape index (κ1) is 16.9. The van der Waals surface area contributed by atoms with Gasteiger partial charge in [0.2, 0.25) is 0 Å². The summed E-state index contributed by atoms with van der Waals surface area (Å²) in [5, 5.41) is 9.42. The standard InChI is InChI=1S/C21H23NO4/c1-20(2)15-11-13(19(23)24)9-10-16(15)22(3)21(25-4)14-7-5-6-8-17(14)26-12-18(20)21/h5-11,18H,12H2,1-4H3,(H,23,24)/t18-,21-/m1/s1. The normalized spacial score (nSPS) is 25.5. The Balaban J connectivity index is 2.01. The van der Waals surface area contributed by atoms with Crippen LogP contribution in [0.5, 0.6) is 5.75 Å². The highest BCUT2D eigenvalue weighted by molar-refractivity contribution is 5.89. The van der Waals surface area contributed by atoms with Gasteiger partial charge in [-0.1, -0.05) is 32.0 Å². The van der Waals surface area contributed by atoms with Crippen molar-refractivity contribution < 1.29 is 19.4 Å². The Labute approximate surface area is 153 Å². The second-order valence-corrected chi connectivity index (χ2v) is 7.58. The summed E-state index contributed by atoms with van der Waals surface area (Å²) in [6, 6.07) is 13.3. The molecular weight excluding hydrogens is 330 g/mol. The number of carbonyl (C=O) groups is 1. The van der Waals surface area contributed by atoms with Gasteiger partial charge in [-0.25, -0.2) is 4.79 Å². The van der Waals surface area contributed by atoms with E-state index in [1.165, 1.54) is 0 Å². The van der Waals surface area contributed by atoms with Crippen molar-refractivity contribution in [2.75, 3.05) is 25.7 Å². The van der Waals surface area contributed by atoms with E-state index in [1.54, 1.807) is 19.2 Å². The highest BCUT2D eigenvalue weighted by Crippen LogP contribution is 2.58. The van der Waals surface area contributed by atoms with Crippen LogP contribution in [0, 0.1) is 5.92 Å². The number of nitrogens with zero attached hydrogens (tertiary/aromatic N) is 1. The molecule has 0 saturated carbocycles. The molecular formula is C21H23NO4. The molecule has 0 unspecified atom stereocenters. The van der Waals surface area contributed by atoms with E-state index in [-0.39, 0.29) is 11.3 Å². The van der Waals surface area contributed by atoms with E-state index in [2.05, 4.69) is 18.7 Å². The van der Waals surface area contributed by atoms with Crippen molar-refractivity contribution in [1.29, 1.82) is 0 Å². The highest BCUT2D eigenvalue weighted by atomic mass is 16.5. The van der Waals surface area contributed by atoms with E-state index < -0.39 is 11.7 Å². The molecule has 0 fully saturated rings. The van der Waals surface area contributed by atoms with Gasteiger partial charge in [0.15, 0.2) is 5.72 Å². The Bertz CT molecular complexity index is 891. The number of methoxy groups -OCH3 is 1. The molecule has 0 radical (unpaired) electrons. The summed E-state index contributed by atoms with van der Waals surface area (Å²) in [5.41, 5.74) is 2.28. The van der Waals surface area contributed by atoms with E-state index in [9.17, 15) is 9.90 Å². The third-order valence-corrected chi connectivity index (χ3v) is 6.13. The van der Waals surface area contributed by atoms with Crippen molar-refractivity contribution in [2.24, 2.45) is 5.92 Å². The highest BCUT2D eigenvalue weighted by Gasteiger charge is 2.59. The van der Waals surface area contributed by atoms with Gasteiger partial charge in [-0.05, 0) is 29.8 Å². The van der Waals surface area contributed by atoms with E-state index in [4.69, 9.17) is 9.47 Å². The molecule has 4 rings (SSSR count). The molecule has 0 aromatic heterocycles. The molecule has 0 saturated heterocycles. The average molecular weight is 353 g/mol. The molecule has 1 N–H and O–H groups in total. The number of para-hydroxylation sites is 1. The lowest BCUT2D eigenvalue weighted by Gasteiger charge is -2.59. The number of carboxylic acid groups (broad SMARTS) is 1. The van der Waals surface area contributed by atoms with Crippen LogP contribution in [0.25, 0.3) is 0 Å². The van der Waals surface area contributed by atoms with Gasteiger partial charge in [0.05, 0.1) is 18.1 Å². The minimum atomic E-state index is -0.917. The first-order valence-corrected chi connectivity index (χ1v) is 8.73. The Morgan fingerprint density at radius 3 is 2.65 bits per heavy atom. The van der Waals surface area contributed by atoms with E-state index >= 15 is 0 Å². The molecule has 2 atom stereocenters. The largest absolute Gasteiger partial charge is 0.493 e. The molecule has 5 nitrogen and oxygen atoms in total. The maximum absolute atomic E-state index is 11.5. The van der Waals surface area contributed by atoms with Crippen LogP contribution < -0.4 is 9.64 Å². The van der Waals surface area contributed by atoms with Gasteiger partial charge >= 0.3 is 5.97 Å². The van der Waals surface area contributed by atoms with Crippen LogP contribution in [0.3, 0.4) is 0 Å². The fourth-order valence-electron chi connectivity index (χ4n) is 4.71. The maximum atomic E-state index is 11.5. The first-order valence-electron chi connectivity index (χ1n) is 8.73. The molecule has 2 heterocycles. The van der Waals surface area contributed by atoms with Gasteiger partial charge < -0.3 is 19.5 Å². The van der Waals surface area contributed by atoms with Gasteiger partial charge in [-0.15, -0.1) is 0 Å². The summed E-state index contributed by atoms with van der Waals surface area (Å²) >= 11 is 0. The molecule has 5 heteroatoms. The molecule has 2 aromatic carbocycles. The van der Waals surface area contributed by atoms with Crippen molar-refractivity contribution in [2.45, 2.75) is 25.0 Å². The van der Waals surface area contributed by atoms with Gasteiger partial charge in [-0.3, -0.25) is 0 Å². The van der Waals surface area contributed by atoms with Crippen molar-refractivity contribution >= 4 is 11.7 Å². The van der Waals surface area contributed by atoms with Crippen molar-refractivity contribution in [3.63, 3.8) is 0 Å². The number of anilines is 1. The molecule has 0 spiro atoms. The van der Waals surface area contributed by atoms with Crippen LogP contribution in [-0.4, -0.2) is 31.8 Å². The summed E-state index contributed by atoms with van der Waals surface area (Å²) < 4.78 is 12.3. The Morgan fingerprint density at radius 1 is 1.23 bits per heavy atom. The van der Waals surface area contributed by atoms with Gasteiger partial charge in [0.1, 0.15) is 5.75 Å². The second kappa shape index (κ2) is 5.48. The number of aromatic carboxylic acids is 1. The Kier molecular flexibility index (Phi) is 3.57. The lowest BCUT2D eigenvalue weighted by atomic mass is 9.62. The SMILES string of the molecule is CO[C@]12c3ccccc3OC[C@@H]1C(C)(C)c1cc(C(=O)O)ccc1N2C. The summed E-state index contributed by atoms with van der Waals surface area (Å²) in [7, 11) is 3.74. The third kappa shape index (κ3) is 1.98. The second-order valence-electron chi connectivity index (χ2n) is 7.58. The predicted molar refractivity (Wildman–Crippen MR) is 98.9 cm³/mol. The zero-order valence-electron chi connectivity index (χ0n) is 15.4. The zero-order chi connectivity index (χ0) is 18.7. The minimum absolute atomic E-state index is 0.00329. The van der Waals surface area contributed by atoms with E-state index in [0.29, 0.717) is 12.2 Å². The average Bonchev–Trinajstić information content (AvgIpc) is 2.65. The van der Waals surface area contributed by atoms with Crippen LogP contribution in [0.15, 0.2) is 42.5 Å². The summed E-state index contributed by atoms with van der Waals surface area (Å²) in [4.78, 5) is 13.6. The zero-order valence-corrected chi connectivity index (χ0v) is 15.4. The number of fused-ring (bicyclic) bond motifs is 4. The van der Waals surface area contributed by atoms with Crippen LogP contribution in [-0.2, 0) is 15.9 Å². The molecule has 136 valence electrons. The third-order valence-electron chi connectivity index (χ3n) is 6.13. The number of carboxylic acids is 1. The Morgan fingerprint density at radius 2 is 1.96 bits per heavy atom. The molecule has 0 bridgehead atoms. The van der Waals surface area contributed by atoms with Crippen LogP contribution in [0.4, 0.5) is 5.69 Å². The number of rotatable bonds is 2. The van der Waals surface area contributed by atoms with Crippen molar-refractivity contribution in [1.82, 2.24) is 0 Å². The van der Waals surface area contributed by atoms with Gasteiger partial charge in [0, 0.05) is 30.8 Å². The molecule has 26 heavy (non-hydrogen) atoms. The number of hydrogen-bond acceptors (Lipinski definition) is 4. The van der Waals surface area contributed by atoms with Crippen LogP contribution in [0.1, 0.15) is 35.3 Å². The molecule has 2 aromatic rings. The first-order chi connectivity index (χ1) is 12.3. The van der Waals surface area contributed by atoms with Crippen LogP contribution in [0.2, 0.25) is 0 Å². The monoisotopic (exact) mass is 353 g/mol. The number of benzene rings is 2. The van der Waals surface area contributed by atoms with Crippen molar-refractivity contribution in [3.8, 4) is 5.75 Å². The summed E-state index contributed by atoms with van der Waals surface area (Å²) in [5.74, 6) is -0.0876. The topological polar surface area (TPSA) is 59.0 Å². The lowest BCUT2D eigenvalue weighted by Crippen LogP contribution is -2.63. The fourth-order valence-corrected chi connectivity index (χ4v) is 4.71. The van der Waals surface area contributed by atoms with Gasteiger partial charge in [0.25, 0.3) is 0 Å². The minimum Gasteiger partial charge on any atom is -0.493 e. The van der Waals surface area contributed by atoms with E-state index in [1.807, 2.05) is 37.4 Å². The summed E-state index contributed by atoms with van der Waals surface area (Å²) in [6.45, 7) is 4.78.